The number of hydrogen-bond acceptors (Lipinski definition) is 10. The van der Waals surface area contributed by atoms with E-state index in [1.807, 2.05) is 62.4 Å². The van der Waals surface area contributed by atoms with E-state index in [0.29, 0.717) is 35.3 Å². The lowest BCUT2D eigenvalue weighted by atomic mass is 10.1. The van der Waals surface area contributed by atoms with Crippen LogP contribution in [0.2, 0.25) is 0 Å². The largest absolute Gasteiger partial charge is 0.483 e. The zero-order chi connectivity index (χ0) is 28.6. The number of carbonyl (C=O) groups is 1. The molecule has 0 aliphatic heterocycles. The van der Waals surface area contributed by atoms with Crippen LogP contribution in [0.5, 0.6) is 5.88 Å². The quantitative estimate of drug-likeness (QED) is 0.177. The van der Waals surface area contributed by atoms with Crippen LogP contribution >= 0.6 is 0 Å². The van der Waals surface area contributed by atoms with Crippen LogP contribution in [-0.2, 0) is 4.79 Å². The maximum Gasteiger partial charge on any atom is 0.368 e. The van der Waals surface area contributed by atoms with Crippen molar-refractivity contribution in [3.8, 4) is 17.1 Å². The fraction of sp³-hybridized carbons (Fsp3) is 0.321. The summed E-state index contributed by atoms with van der Waals surface area (Å²) in [5.41, 5.74) is 2.88. The Balaban J connectivity index is 0.00000118. The first kappa shape index (κ1) is 28.6. The molecule has 210 valence electrons. The fourth-order valence-corrected chi connectivity index (χ4v) is 4.55. The van der Waals surface area contributed by atoms with E-state index in [-0.39, 0.29) is 19.2 Å². The number of nitrogens with zero attached hydrogens (tertiary/aromatic N) is 3. The van der Waals surface area contributed by atoms with Crippen molar-refractivity contribution in [3.05, 3.63) is 60.9 Å². The van der Waals surface area contributed by atoms with Crippen LogP contribution in [-0.4, -0.2) is 72.8 Å². The zero-order valence-corrected chi connectivity index (χ0v) is 22.1. The number of aromatic nitrogens is 4. The van der Waals surface area contributed by atoms with E-state index in [1.54, 1.807) is 12.4 Å². The summed E-state index contributed by atoms with van der Waals surface area (Å²) < 4.78 is 5.73. The van der Waals surface area contributed by atoms with Gasteiger partial charge in [0.2, 0.25) is 5.95 Å². The summed E-state index contributed by atoms with van der Waals surface area (Å²) in [5, 5.41) is 44.9. The number of aromatic amines is 1. The van der Waals surface area contributed by atoms with Crippen LogP contribution in [0.25, 0.3) is 22.2 Å². The van der Waals surface area contributed by atoms with Crippen molar-refractivity contribution >= 4 is 34.8 Å². The molecule has 4 atom stereocenters. The number of para-hydroxylation sites is 1. The summed E-state index contributed by atoms with van der Waals surface area (Å²) in [4.78, 5) is 25.4. The number of H-pyrrole nitrogens is 1. The van der Waals surface area contributed by atoms with Crippen LogP contribution in [0.4, 0.5) is 17.5 Å². The first-order chi connectivity index (χ1) is 19.3. The minimum Gasteiger partial charge on any atom is -0.483 e. The van der Waals surface area contributed by atoms with E-state index in [0.717, 1.165) is 16.6 Å². The number of carboxylic acid groups (broad SMARTS) is 1. The van der Waals surface area contributed by atoms with Crippen LogP contribution in [0.1, 0.15) is 20.3 Å². The standard InChI is InChI=1S/C27H30N6O4.CH2O2/c1-15(2)37-23-12-18(9-10-28-23)30-27-29-13-19(21-8-7-16-5-3-4-6-20(16)31-21)26(33-27)32-22-11-17(14-34)24(35)25(22)36;2-1-3/h3-10,12-13,15,17,22,24-25,34-36H,11,14H2,1-2H3,(H2,28,29,30,32,33);1H,(H,2,3)/p+1/t17-,22-,24-,25+;/m1./s1. The molecule has 0 unspecified atom stereocenters. The van der Waals surface area contributed by atoms with Crippen molar-refractivity contribution in [1.29, 1.82) is 0 Å². The summed E-state index contributed by atoms with van der Waals surface area (Å²) in [7, 11) is 0. The molecule has 0 spiro atoms. The number of hydrogen-bond donors (Lipinski definition) is 6. The minimum atomic E-state index is -1.05. The van der Waals surface area contributed by atoms with Crippen molar-refractivity contribution in [2.45, 2.75) is 44.6 Å². The van der Waals surface area contributed by atoms with Gasteiger partial charge in [-0.2, -0.15) is 9.97 Å². The molecule has 40 heavy (non-hydrogen) atoms. The molecule has 0 radical (unpaired) electrons. The van der Waals surface area contributed by atoms with E-state index in [2.05, 4.69) is 20.6 Å². The summed E-state index contributed by atoms with van der Waals surface area (Å²) >= 11 is 0. The monoisotopic (exact) mass is 549 g/mol. The third-order valence-corrected chi connectivity index (χ3v) is 6.42. The van der Waals surface area contributed by atoms with Gasteiger partial charge < -0.3 is 35.8 Å². The minimum absolute atomic E-state index is 0.0169. The van der Waals surface area contributed by atoms with E-state index in [9.17, 15) is 15.3 Å². The van der Waals surface area contributed by atoms with Crippen LogP contribution in [0.15, 0.2) is 60.9 Å². The van der Waals surface area contributed by atoms with Gasteiger partial charge in [-0.3, -0.25) is 4.79 Å². The number of aliphatic hydroxyl groups is 3. The Morgan fingerprint density at radius 3 is 2.62 bits per heavy atom. The smallest absolute Gasteiger partial charge is 0.368 e. The summed E-state index contributed by atoms with van der Waals surface area (Å²) in [5.74, 6) is 0.972. The van der Waals surface area contributed by atoms with Crippen molar-refractivity contribution in [2.75, 3.05) is 17.2 Å². The highest BCUT2D eigenvalue weighted by molar-refractivity contribution is 5.83. The molecule has 0 amide bonds. The van der Waals surface area contributed by atoms with Gasteiger partial charge in [0.25, 0.3) is 6.47 Å². The SMILES string of the molecule is CC(C)Oc1cc(Nc2ncc(-c3ccc4ccccc4n3)c(N[C@@H]3C[C@H](CO)[C@@H](O)[C@H]3O)n2)cc[nH+]1.O=CO. The van der Waals surface area contributed by atoms with Crippen molar-refractivity contribution in [1.82, 2.24) is 15.0 Å². The molecule has 1 aromatic carbocycles. The Morgan fingerprint density at radius 1 is 1.12 bits per heavy atom. The number of ether oxygens (including phenoxy) is 1. The number of benzene rings is 1. The molecule has 0 bridgehead atoms. The molecule has 7 N–H and O–H groups in total. The summed E-state index contributed by atoms with van der Waals surface area (Å²) in [6, 6.07) is 14.9. The Bertz CT molecular complexity index is 1440. The molecule has 3 aromatic heterocycles. The Labute approximate surface area is 230 Å². The molecule has 12 heteroatoms. The van der Waals surface area contributed by atoms with E-state index in [4.69, 9.17) is 24.6 Å². The molecule has 1 fully saturated rings. The second kappa shape index (κ2) is 13.1. The molecule has 5 rings (SSSR count). The third-order valence-electron chi connectivity index (χ3n) is 6.42. The lowest BCUT2D eigenvalue weighted by Crippen LogP contribution is -2.35. The Morgan fingerprint density at radius 2 is 1.90 bits per heavy atom. The maximum atomic E-state index is 10.6. The van der Waals surface area contributed by atoms with E-state index >= 15 is 0 Å². The number of aliphatic hydroxyl groups excluding tert-OH is 3. The van der Waals surface area contributed by atoms with E-state index in [1.165, 1.54) is 0 Å². The van der Waals surface area contributed by atoms with Gasteiger partial charge in [0.05, 0.1) is 46.8 Å². The Kier molecular flexibility index (Phi) is 9.38. The molecular formula is C28H33N6O6+. The zero-order valence-electron chi connectivity index (χ0n) is 22.1. The van der Waals surface area contributed by atoms with Gasteiger partial charge in [-0.15, -0.1) is 0 Å². The fourth-order valence-electron chi connectivity index (χ4n) is 4.55. The molecule has 1 aliphatic carbocycles. The molecule has 12 nitrogen and oxygen atoms in total. The van der Waals surface area contributed by atoms with Gasteiger partial charge in [-0.05, 0) is 32.4 Å². The highest BCUT2D eigenvalue weighted by Crippen LogP contribution is 2.33. The van der Waals surface area contributed by atoms with E-state index < -0.39 is 24.2 Å². The van der Waals surface area contributed by atoms with Gasteiger partial charge >= 0.3 is 5.88 Å². The van der Waals surface area contributed by atoms with Crippen LogP contribution in [0, 0.1) is 5.92 Å². The predicted molar refractivity (Wildman–Crippen MR) is 148 cm³/mol. The van der Waals surface area contributed by atoms with Gasteiger partial charge in [-0.25, -0.2) is 9.97 Å². The first-order valence-electron chi connectivity index (χ1n) is 12.8. The van der Waals surface area contributed by atoms with Crippen molar-refractivity contribution < 1.29 is 34.9 Å². The Hall–Kier alpha value is -4.39. The molecule has 1 aliphatic rings. The highest BCUT2D eigenvalue weighted by atomic mass is 16.5. The third kappa shape index (κ3) is 6.78. The van der Waals surface area contributed by atoms with Gasteiger partial charge in [-0.1, -0.05) is 24.3 Å². The lowest BCUT2D eigenvalue weighted by molar-refractivity contribution is -0.396. The molecule has 1 saturated carbocycles. The number of rotatable bonds is 8. The van der Waals surface area contributed by atoms with Gasteiger partial charge in [0, 0.05) is 30.2 Å². The number of fused-ring (bicyclic) bond motifs is 1. The second-order valence-corrected chi connectivity index (χ2v) is 9.59. The second-order valence-electron chi connectivity index (χ2n) is 9.59. The van der Waals surface area contributed by atoms with Gasteiger partial charge in [0.15, 0.2) is 6.20 Å². The average molecular weight is 550 g/mol. The molecular weight excluding hydrogens is 516 g/mol. The summed E-state index contributed by atoms with van der Waals surface area (Å²) in [6.07, 6.45) is 1.77. The molecule has 4 aromatic rings. The van der Waals surface area contributed by atoms with Crippen LogP contribution < -0.4 is 20.4 Å². The highest BCUT2D eigenvalue weighted by Gasteiger charge is 2.41. The predicted octanol–water partition coefficient (Wildman–Crippen LogP) is 2.25. The maximum absolute atomic E-state index is 10.6. The van der Waals surface area contributed by atoms with Gasteiger partial charge in [0.1, 0.15) is 11.9 Å². The number of pyridine rings is 2. The topological polar surface area (TPSA) is 184 Å². The first-order valence-corrected chi connectivity index (χ1v) is 12.8. The molecule has 3 heterocycles. The molecule has 0 saturated heterocycles. The average Bonchev–Trinajstić information content (AvgIpc) is 3.21. The normalized spacial score (nSPS) is 20.1. The van der Waals surface area contributed by atoms with Crippen molar-refractivity contribution in [2.24, 2.45) is 5.92 Å². The number of anilines is 3. The lowest BCUT2D eigenvalue weighted by Gasteiger charge is -2.21. The van der Waals surface area contributed by atoms with Crippen LogP contribution in [0.3, 0.4) is 0 Å². The van der Waals surface area contributed by atoms with Crippen molar-refractivity contribution in [3.63, 3.8) is 0 Å². The number of nitrogens with one attached hydrogen (secondary N) is 3. The summed E-state index contributed by atoms with van der Waals surface area (Å²) in [6.45, 7) is 3.44.